The molecule has 0 fully saturated rings. The maximum absolute atomic E-state index is 13.7. The number of rotatable bonds is 3. The minimum atomic E-state index is -0.856. The normalized spacial score (nSPS) is 10.2. The molecule has 0 aliphatic carbocycles. The number of carbonyl (C=O) groups is 1. The van der Waals surface area contributed by atoms with Gasteiger partial charge < -0.3 is 5.32 Å². The van der Waals surface area contributed by atoms with Gasteiger partial charge in [0, 0.05) is 16.1 Å². The second kappa shape index (κ2) is 6.01. The van der Waals surface area contributed by atoms with Gasteiger partial charge in [0.2, 0.25) is 0 Å². The molecule has 21 heavy (non-hydrogen) atoms. The van der Waals surface area contributed by atoms with E-state index in [0.717, 1.165) is 16.6 Å². The van der Waals surface area contributed by atoms with Gasteiger partial charge in [0.15, 0.2) is 11.5 Å². The third-order valence-corrected chi connectivity index (χ3v) is 3.80. The van der Waals surface area contributed by atoms with E-state index in [1.54, 1.807) is 25.1 Å². The maximum atomic E-state index is 13.7. The van der Waals surface area contributed by atoms with Crippen LogP contribution in [0.1, 0.15) is 15.9 Å². The Kier molecular flexibility index (Phi) is 4.32. The second-order valence-electron chi connectivity index (χ2n) is 4.26. The molecule has 0 bridgehead atoms. The van der Waals surface area contributed by atoms with Gasteiger partial charge in [0.1, 0.15) is 0 Å². The molecule has 0 aliphatic heterocycles. The van der Waals surface area contributed by atoms with E-state index in [1.165, 1.54) is 6.07 Å². The highest BCUT2D eigenvalue weighted by Gasteiger charge is 2.21. The van der Waals surface area contributed by atoms with Crippen LogP contribution in [-0.2, 0) is 0 Å². The molecule has 0 saturated carbocycles. The lowest BCUT2D eigenvalue weighted by atomic mass is 10.1. The topological polar surface area (TPSA) is 72.2 Å². The minimum absolute atomic E-state index is 0.307. The zero-order valence-corrected chi connectivity index (χ0v) is 12.5. The number of nitrogens with one attached hydrogen (secondary N) is 1. The number of hydrogen-bond acceptors (Lipinski definition) is 3. The van der Waals surface area contributed by atoms with Crippen LogP contribution in [0.5, 0.6) is 0 Å². The van der Waals surface area contributed by atoms with Crippen LogP contribution in [0.4, 0.5) is 15.8 Å². The van der Waals surface area contributed by atoms with Crippen LogP contribution in [-0.4, -0.2) is 10.8 Å². The zero-order chi connectivity index (χ0) is 15.6. The van der Waals surface area contributed by atoms with E-state index >= 15 is 0 Å². The SMILES string of the molecule is Cc1c(Br)cccc1C(=O)Nc1c(F)cccc1[N+](=O)[O-]. The van der Waals surface area contributed by atoms with Gasteiger partial charge in [-0.25, -0.2) is 4.39 Å². The second-order valence-corrected chi connectivity index (χ2v) is 5.11. The van der Waals surface area contributed by atoms with Gasteiger partial charge in [-0.2, -0.15) is 0 Å². The number of hydrogen-bond donors (Lipinski definition) is 1. The van der Waals surface area contributed by atoms with Crippen LogP contribution < -0.4 is 5.32 Å². The Balaban J connectivity index is 2.41. The van der Waals surface area contributed by atoms with Crippen molar-refractivity contribution < 1.29 is 14.1 Å². The smallest absolute Gasteiger partial charge is 0.295 e. The van der Waals surface area contributed by atoms with Gasteiger partial charge in [-0.15, -0.1) is 0 Å². The molecular weight excluding hydrogens is 343 g/mol. The third-order valence-electron chi connectivity index (χ3n) is 2.94. The summed E-state index contributed by atoms with van der Waals surface area (Å²) in [6, 6.07) is 8.37. The molecule has 0 spiro atoms. The highest BCUT2D eigenvalue weighted by Crippen LogP contribution is 2.28. The number of nitro groups is 1. The number of nitro benzene ring substituents is 1. The first-order chi connectivity index (χ1) is 9.91. The predicted octanol–water partition coefficient (Wildman–Crippen LogP) is 4.06. The van der Waals surface area contributed by atoms with E-state index in [0.29, 0.717) is 11.1 Å². The fourth-order valence-electron chi connectivity index (χ4n) is 1.82. The van der Waals surface area contributed by atoms with Crippen LogP contribution in [0.2, 0.25) is 0 Å². The molecule has 108 valence electrons. The summed E-state index contributed by atoms with van der Waals surface area (Å²) < 4.78 is 14.5. The summed E-state index contributed by atoms with van der Waals surface area (Å²) >= 11 is 3.29. The molecule has 0 heterocycles. The number of carbonyl (C=O) groups excluding carboxylic acids is 1. The van der Waals surface area contributed by atoms with Gasteiger partial charge in [0.05, 0.1) is 4.92 Å². The molecule has 0 aromatic heterocycles. The summed E-state index contributed by atoms with van der Waals surface area (Å²) in [7, 11) is 0. The van der Waals surface area contributed by atoms with Crippen molar-refractivity contribution >= 4 is 33.2 Å². The summed E-state index contributed by atoms with van der Waals surface area (Å²) in [5.41, 5.74) is 0.0405. The van der Waals surface area contributed by atoms with Gasteiger partial charge in [-0.1, -0.05) is 28.1 Å². The van der Waals surface area contributed by atoms with Crippen molar-refractivity contribution in [1.29, 1.82) is 0 Å². The summed E-state index contributed by atoms with van der Waals surface area (Å²) in [5.74, 6) is -1.47. The monoisotopic (exact) mass is 352 g/mol. The Morgan fingerprint density at radius 2 is 1.95 bits per heavy atom. The molecule has 2 aromatic rings. The largest absolute Gasteiger partial charge is 0.314 e. The van der Waals surface area contributed by atoms with E-state index in [1.807, 2.05) is 0 Å². The molecule has 0 aliphatic rings. The van der Waals surface area contributed by atoms with E-state index in [-0.39, 0.29) is 0 Å². The van der Waals surface area contributed by atoms with Crippen LogP contribution in [0.3, 0.4) is 0 Å². The summed E-state index contributed by atoms with van der Waals surface area (Å²) in [6.07, 6.45) is 0. The average molecular weight is 353 g/mol. The van der Waals surface area contributed by atoms with Crippen molar-refractivity contribution in [2.45, 2.75) is 6.92 Å². The van der Waals surface area contributed by atoms with Crippen molar-refractivity contribution in [1.82, 2.24) is 0 Å². The number of nitrogens with zero attached hydrogens (tertiary/aromatic N) is 1. The first-order valence-corrected chi connectivity index (χ1v) is 6.70. The first kappa shape index (κ1) is 15.1. The Labute approximate surface area is 128 Å². The Bertz CT molecular complexity index is 734. The summed E-state index contributed by atoms with van der Waals surface area (Å²) in [5, 5.41) is 13.2. The quantitative estimate of drug-likeness (QED) is 0.668. The van der Waals surface area contributed by atoms with E-state index in [4.69, 9.17) is 0 Å². The molecule has 1 N–H and O–H groups in total. The Morgan fingerprint density at radius 3 is 2.62 bits per heavy atom. The number of anilines is 1. The van der Waals surface area contributed by atoms with Crippen LogP contribution >= 0.6 is 15.9 Å². The molecule has 7 heteroatoms. The zero-order valence-electron chi connectivity index (χ0n) is 10.9. The molecule has 0 saturated heterocycles. The highest BCUT2D eigenvalue weighted by atomic mass is 79.9. The first-order valence-electron chi connectivity index (χ1n) is 5.91. The van der Waals surface area contributed by atoms with Crippen molar-refractivity contribution in [3.63, 3.8) is 0 Å². The third kappa shape index (κ3) is 3.08. The predicted molar refractivity (Wildman–Crippen MR) is 79.9 cm³/mol. The van der Waals surface area contributed by atoms with Crippen LogP contribution in [0.15, 0.2) is 40.9 Å². The highest BCUT2D eigenvalue weighted by molar-refractivity contribution is 9.10. The molecule has 0 atom stereocenters. The van der Waals surface area contributed by atoms with Crippen molar-refractivity contribution in [2.75, 3.05) is 5.32 Å². The molecule has 1 amide bonds. The van der Waals surface area contributed by atoms with Crippen molar-refractivity contribution in [2.24, 2.45) is 0 Å². The fraction of sp³-hybridized carbons (Fsp3) is 0.0714. The van der Waals surface area contributed by atoms with Crippen LogP contribution in [0.25, 0.3) is 0 Å². The van der Waals surface area contributed by atoms with E-state index in [2.05, 4.69) is 21.2 Å². The molecule has 2 rings (SSSR count). The molecule has 5 nitrogen and oxygen atoms in total. The lowest BCUT2D eigenvalue weighted by Crippen LogP contribution is -2.15. The van der Waals surface area contributed by atoms with Gasteiger partial charge in [-0.05, 0) is 30.7 Å². The molecule has 0 radical (unpaired) electrons. The average Bonchev–Trinajstić information content (AvgIpc) is 2.43. The number of amides is 1. The number of para-hydroxylation sites is 1. The van der Waals surface area contributed by atoms with Crippen LogP contribution in [0, 0.1) is 22.9 Å². The standard InChI is InChI=1S/C14H10BrFN2O3/c1-8-9(4-2-5-10(8)15)14(19)17-13-11(16)6-3-7-12(13)18(20)21/h2-7H,1H3,(H,17,19). The number of benzene rings is 2. The molecule has 2 aromatic carbocycles. The van der Waals surface area contributed by atoms with Gasteiger partial charge >= 0.3 is 0 Å². The molecule has 0 unspecified atom stereocenters. The fourth-order valence-corrected chi connectivity index (χ4v) is 2.19. The van der Waals surface area contributed by atoms with E-state index in [9.17, 15) is 19.3 Å². The minimum Gasteiger partial charge on any atom is -0.314 e. The maximum Gasteiger partial charge on any atom is 0.295 e. The van der Waals surface area contributed by atoms with Gasteiger partial charge in [-0.3, -0.25) is 14.9 Å². The van der Waals surface area contributed by atoms with Gasteiger partial charge in [0.25, 0.3) is 11.6 Å². The number of halogens is 2. The van der Waals surface area contributed by atoms with Crippen molar-refractivity contribution in [3.8, 4) is 0 Å². The van der Waals surface area contributed by atoms with Crippen molar-refractivity contribution in [3.05, 3.63) is 67.9 Å². The van der Waals surface area contributed by atoms with E-state index < -0.39 is 28.0 Å². The summed E-state index contributed by atoms with van der Waals surface area (Å²) in [4.78, 5) is 22.3. The lowest BCUT2D eigenvalue weighted by Gasteiger charge is -2.09. The Morgan fingerprint density at radius 1 is 1.29 bits per heavy atom. The Hall–Kier alpha value is -2.28. The molecular formula is C14H10BrFN2O3. The summed E-state index contributed by atoms with van der Waals surface area (Å²) in [6.45, 7) is 1.72. The lowest BCUT2D eigenvalue weighted by molar-refractivity contribution is -0.384.